The Morgan fingerprint density at radius 1 is 1.21 bits per heavy atom. The summed E-state index contributed by atoms with van der Waals surface area (Å²) in [6, 6.07) is 12.2. The van der Waals surface area contributed by atoms with E-state index in [4.69, 9.17) is 11.6 Å². The van der Waals surface area contributed by atoms with E-state index in [9.17, 15) is 19.1 Å². The van der Waals surface area contributed by atoms with Crippen molar-refractivity contribution in [1.82, 2.24) is 0 Å². The third kappa shape index (κ3) is 4.90. The molecule has 3 rings (SSSR count). The fourth-order valence-corrected chi connectivity index (χ4v) is 3.30. The number of carbonyl (C=O) groups is 2. The third-order valence-corrected chi connectivity index (χ3v) is 4.88. The van der Waals surface area contributed by atoms with E-state index >= 15 is 0 Å². The van der Waals surface area contributed by atoms with Crippen molar-refractivity contribution in [1.29, 1.82) is 0 Å². The summed E-state index contributed by atoms with van der Waals surface area (Å²) >= 11 is 5.88. The Labute approximate surface area is 173 Å². The molecule has 0 saturated carbocycles. The second-order valence-corrected chi connectivity index (χ2v) is 7.19. The maximum atomic E-state index is 13.2. The molecule has 2 aromatic carbocycles. The molecule has 150 valence electrons. The van der Waals surface area contributed by atoms with Gasteiger partial charge < -0.3 is 5.11 Å². The molecule has 0 aliphatic carbocycles. The van der Waals surface area contributed by atoms with Crippen molar-refractivity contribution in [2.75, 3.05) is 5.01 Å². The van der Waals surface area contributed by atoms with Crippen molar-refractivity contribution in [3.8, 4) is 0 Å². The Bertz CT molecular complexity index is 969. The molecule has 1 unspecified atom stereocenters. The van der Waals surface area contributed by atoms with E-state index in [1.54, 1.807) is 24.3 Å². The van der Waals surface area contributed by atoms with Crippen molar-refractivity contribution in [2.45, 2.75) is 26.2 Å². The van der Waals surface area contributed by atoms with Gasteiger partial charge in [-0.3, -0.25) is 4.79 Å². The van der Waals surface area contributed by atoms with E-state index in [-0.39, 0.29) is 17.9 Å². The zero-order valence-electron chi connectivity index (χ0n) is 15.8. The second kappa shape index (κ2) is 9.01. The van der Waals surface area contributed by atoms with E-state index in [0.717, 1.165) is 6.42 Å². The number of nitrogens with zero attached hydrogens (tertiary/aromatic N) is 2. The molecule has 0 bridgehead atoms. The van der Waals surface area contributed by atoms with Crippen LogP contribution in [0.2, 0.25) is 5.02 Å². The summed E-state index contributed by atoms with van der Waals surface area (Å²) in [4.78, 5) is 24.8. The lowest BCUT2D eigenvalue weighted by Crippen LogP contribution is -2.28. The number of amides is 1. The molecule has 5 nitrogen and oxygen atoms in total. The molecule has 7 heteroatoms. The maximum absolute atomic E-state index is 13.2. The number of hydrazone groups is 1. The van der Waals surface area contributed by atoms with Crippen LogP contribution in [0.1, 0.15) is 31.7 Å². The zero-order valence-corrected chi connectivity index (χ0v) is 16.6. The molecule has 1 aliphatic rings. The summed E-state index contributed by atoms with van der Waals surface area (Å²) < 4.78 is 13.2. The Kier molecular flexibility index (Phi) is 6.44. The lowest BCUT2D eigenvalue weighted by Gasteiger charge is -2.15. The van der Waals surface area contributed by atoms with Gasteiger partial charge in [0.2, 0.25) is 0 Å². The average molecular weight is 415 g/mol. The first kappa shape index (κ1) is 20.7. The van der Waals surface area contributed by atoms with Gasteiger partial charge in [-0.25, -0.2) is 14.2 Å². The number of carbonyl (C=O) groups excluding carboxylic acids is 1. The summed E-state index contributed by atoms with van der Waals surface area (Å²) in [5.41, 5.74) is 1.87. The number of halogens is 2. The predicted molar refractivity (Wildman–Crippen MR) is 111 cm³/mol. The summed E-state index contributed by atoms with van der Waals surface area (Å²) in [6.45, 7) is 1.96. The van der Waals surface area contributed by atoms with Crippen molar-refractivity contribution in [2.24, 2.45) is 11.0 Å². The Hall–Kier alpha value is -2.99. The summed E-state index contributed by atoms with van der Waals surface area (Å²) in [7, 11) is 0. The molecule has 2 aromatic rings. The molecule has 0 saturated heterocycles. The van der Waals surface area contributed by atoms with Crippen LogP contribution in [0.25, 0.3) is 6.08 Å². The fraction of sp³-hybridized carbons (Fsp3) is 0.227. The molecule has 0 radical (unpaired) electrons. The number of hydrogen-bond acceptors (Lipinski definition) is 3. The molecular formula is C22H20ClFN2O3. The van der Waals surface area contributed by atoms with Crippen LogP contribution in [0, 0.1) is 11.7 Å². The minimum absolute atomic E-state index is 0.0212. The fourth-order valence-electron chi connectivity index (χ4n) is 3.18. The van der Waals surface area contributed by atoms with Gasteiger partial charge in [0.1, 0.15) is 5.82 Å². The summed E-state index contributed by atoms with van der Waals surface area (Å²) in [5, 5.41) is 15.9. The highest BCUT2D eigenvalue weighted by Crippen LogP contribution is 2.30. The van der Waals surface area contributed by atoms with Crippen LogP contribution in [-0.4, -0.2) is 22.7 Å². The molecule has 1 amide bonds. The monoisotopic (exact) mass is 414 g/mol. The van der Waals surface area contributed by atoms with E-state index in [2.05, 4.69) is 5.10 Å². The largest absolute Gasteiger partial charge is 0.478 e. The molecule has 29 heavy (non-hydrogen) atoms. The van der Waals surface area contributed by atoms with Crippen LogP contribution in [0.15, 0.2) is 59.2 Å². The molecular weight excluding hydrogens is 395 g/mol. The van der Waals surface area contributed by atoms with Crippen LogP contribution in [-0.2, 0) is 9.59 Å². The van der Waals surface area contributed by atoms with E-state index in [1.807, 2.05) is 6.92 Å². The lowest BCUT2D eigenvalue weighted by atomic mass is 9.91. The van der Waals surface area contributed by atoms with Gasteiger partial charge in [0.05, 0.1) is 17.3 Å². The molecule has 0 spiro atoms. The molecule has 1 N–H and O–H groups in total. The molecule has 1 heterocycles. The molecule has 0 fully saturated rings. The Balaban J connectivity index is 1.89. The van der Waals surface area contributed by atoms with Crippen LogP contribution in [0.3, 0.4) is 0 Å². The molecule has 0 aromatic heterocycles. The standard InChI is InChI=1S/C22H20ClFN2O3/c1-2-3-20-19(21(27)26(25-20)18-10-8-17(24)9-11-18)13-15(22(28)29)12-14-4-6-16(23)7-5-14/h4-12,19H,2-3,13H2,1H3,(H,28,29). The SMILES string of the molecule is CCCC1=NN(c2ccc(F)cc2)C(=O)C1CC(=Cc1ccc(Cl)cc1)C(=O)O. The first-order chi connectivity index (χ1) is 13.9. The third-order valence-electron chi connectivity index (χ3n) is 4.62. The van der Waals surface area contributed by atoms with Gasteiger partial charge in [-0.05, 0) is 60.9 Å². The number of carboxylic acids is 1. The number of anilines is 1. The van der Waals surface area contributed by atoms with E-state index < -0.39 is 17.7 Å². The number of rotatable bonds is 7. The van der Waals surface area contributed by atoms with Crippen molar-refractivity contribution < 1.29 is 19.1 Å². The summed E-state index contributed by atoms with van der Waals surface area (Å²) in [6.07, 6.45) is 2.90. The highest BCUT2D eigenvalue weighted by molar-refractivity contribution is 6.30. The van der Waals surface area contributed by atoms with Crippen LogP contribution >= 0.6 is 11.6 Å². The van der Waals surface area contributed by atoms with Crippen molar-refractivity contribution in [3.63, 3.8) is 0 Å². The van der Waals surface area contributed by atoms with Crippen LogP contribution < -0.4 is 5.01 Å². The van der Waals surface area contributed by atoms with Gasteiger partial charge in [-0.2, -0.15) is 5.10 Å². The topological polar surface area (TPSA) is 70.0 Å². The van der Waals surface area contributed by atoms with E-state index in [1.165, 1.54) is 35.4 Å². The average Bonchev–Trinajstić information content (AvgIpc) is 2.99. The Morgan fingerprint density at radius 3 is 2.45 bits per heavy atom. The number of benzene rings is 2. The van der Waals surface area contributed by atoms with Crippen LogP contribution in [0.4, 0.5) is 10.1 Å². The highest BCUT2D eigenvalue weighted by Gasteiger charge is 2.37. The minimum Gasteiger partial charge on any atom is -0.478 e. The van der Waals surface area contributed by atoms with Gasteiger partial charge in [-0.1, -0.05) is 37.1 Å². The first-order valence-electron chi connectivity index (χ1n) is 9.25. The number of carboxylic acid groups (broad SMARTS) is 1. The van der Waals surface area contributed by atoms with Crippen molar-refractivity contribution in [3.05, 3.63) is 70.5 Å². The van der Waals surface area contributed by atoms with Gasteiger partial charge in [0, 0.05) is 10.6 Å². The van der Waals surface area contributed by atoms with Gasteiger partial charge in [0.25, 0.3) is 5.91 Å². The highest BCUT2D eigenvalue weighted by atomic mass is 35.5. The van der Waals surface area contributed by atoms with Gasteiger partial charge >= 0.3 is 5.97 Å². The molecule has 1 aliphatic heterocycles. The first-order valence-corrected chi connectivity index (χ1v) is 9.63. The smallest absolute Gasteiger partial charge is 0.331 e. The maximum Gasteiger partial charge on any atom is 0.331 e. The lowest BCUT2D eigenvalue weighted by molar-refractivity contribution is -0.132. The normalized spacial score (nSPS) is 16.9. The zero-order chi connectivity index (χ0) is 21.0. The van der Waals surface area contributed by atoms with Crippen molar-refractivity contribution >= 4 is 41.0 Å². The van der Waals surface area contributed by atoms with Crippen LogP contribution in [0.5, 0.6) is 0 Å². The predicted octanol–water partition coefficient (Wildman–Crippen LogP) is 5.16. The van der Waals surface area contributed by atoms with E-state index in [0.29, 0.717) is 28.4 Å². The number of hydrogen-bond donors (Lipinski definition) is 1. The van der Waals surface area contributed by atoms with Gasteiger partial charge in [-0.15, -0.1) is 0 Å². The quantitative estimate of drug-likeness (QED) is 0.636. The minimum atomic E-state index is -1.09. The van der Waals surface area contributed by atoms with Gasteiger partial charge in [0.15, 0.2) is 0 Å². The Morgan fingerprint density at radius 2 is 1.86 bits per heavy atom. The number of aliphatic carboxylic acids is 1. The summed E-state index contributed by atoms with van der Waals surface area (Å²) in [5.74, 6) is -2.49. The second-order valence-electron chi connectivity index (χ2n) is 6.75. The molecule has 1 atom stereocenters.